The molecule has 1 aromatic rings. The highest BCUT2D eigenvalue weighted by molar-refractivity contribution is 6.08. The number of nitrogens with zero attached hydrogens (tertiary/aromatic N) is 2. The van der Waals surface area contributed by atoms with Gasteiger partial charge in [0, 0.05) is 7.05 Å². The van der Waals surface area contributed by atoms with Gasteiger partial charge in [0.2, 0.25) is 5.78 Å². The standard InChI is InChI=1S/C12H17N3O3/c1-6-9(16)10-8(7-13-15(10)5)14-11(17)18-12(2,3)4/h6-7H,1H2,2-5H3,(H,14,17). The first-order valence-electron chi connectivity index (χ1n) is 5.43. The number of ether oxygens (including phenoxy) is 1. The number of carbonyl (C=O) groups excluding carboxylic acids is 2. The third-order valence-corrected chi connectivity index (χ3v) is 1.99. The summed E-state index contributed by atoms with van der Waals surface area (Å²) in [4.78, 5) is 23.2. The van der Waals surface area contributed by atoms with Crippen LogP contribution in [0.1, 0.15) is 31.3 Å². The van der Waals surface area contributed by atoms with Gasteiger partial charge in [0.25, 0.3) is 0 Å². The van der Waals surface area contributed by atoms with E-state index in [-0.39, 0.29) is 11.5 Å². The summed E-state index contributed by atoms with van der Waals surface area (Å²) in [5.41, 5.74) is -0.0398. The Morgan fingerprint density at radius 2 is 2.11 bits per heavy atom. The smallest absolute Gasteiger partial charge is 0.412 e. The van der Waals surface area contributed by atoms with Crippen LogP contribution >= 0.6 is 0 Å². The minimum Gasteiger partial charge on any atom is -0.444 e. The minimum atomic E-state index is -0.631. The lowest BCUT2D eigenvalue weighted by Crippen LogP contribution is -2.27. The Morgan fingerprint density at radius 3 is 2.61 bits per heavy atom. The quantitative estimate of drug-likeness (QED) is 0.659. The number of anilines is 1. The molecule has 0 fully saturated rings. The zero-order chi connectivity index (χ0) is 13.9. The molecule has 18 heavy (non-hydrogen) atoms. The second-order valence-corrected chi connectivity index (χ2v) is 4.73. The summed E-state index contributed by atoms with van der Waals surface area (Å²) in [5, 5.41) is 6.40. The number of ketones is 1. The molecule has 0 bridgehead atoms. The van der Waals surface area contributed by atoms with Crippen molar-refractivity contribution in [3.8, 4) is 0 Å². The summed E-state index contributed by atoms with van der Waals surface area (Å²) in [6.45, 7) is 8.67. The number of carbonyl (C=O) groups is 2. The van der Waals surface area contributed by atoms with E-state index in [1.54, 1.807) is 27.8 Å². The molecular formula is C12H17N3O3. The van der Waals surface area contributed by atoms with E-state index in [1.807, 2.05) is 0 Å². The molecule has 6 heteroatoms. The van der Waals surface area contributed by atoms with Gasteiger partial charge < -0.3 is 4.74 Å². The maximum absolute atomic E-state index is 11.6. The van der Waals surface area contributed by atoms with Gasteiger partial charge in [-0.2, -0.15) is 5.10 Å². The van der Waals surface area contributed by atoms with E-state index >= 15 is 0 Å². The average molecular weight is 251 g/mol. The second kappa shape index (κ2) is 5.03. The lowest BCUT2D eigenvalue weighted by atomic mass is 10.2. The Bertz CT molecular complexity index is 483. The SMILES string of the molecule is C=CC(=O)c1c(NC(=O)OC(C)(C)C)cnn1C. The topological polar surface area (TPSA) is 73.2 Å². The number of aryl methyl sites for hydroxylation is 1. The average Bonchev–Trinajstić information content (AvgIpc) is 2.56. The number of aromatic nitrogens is 2. The third-order valence-electron chi connectivity index (χ3n) is 1.99. The van der Waals surface area contributed by atoms with Gasteiger partial charge in [-0.25, -0.2) is 4.79 Å². The van der Waals surface area contributed by atoms with Gasteiger partial charge in [0.05, 0.1) is 11.9 Å². The molecule has 98 valence electrons. The van der Waals surface area contributed by atoms with E-state index in [0.717, 1.165) is 6.08 Å². The number of hydrogen-bond acceptors (Lipinski definition) is 4. The molecule has 0 spiro atoms. The van der Waals surface area contributed by atoms with Crippen LogP contribution in [0.4, 0.5) is 10.5 Å². The third kappa shape index (κ3) is 3.44. The predicted molar refractivity (Wildman–Crippen MR) is 67.6 cm³/mol. The number of nitrogens with one attached hydrogen (secondary N) is 1. The van der Waals surface area contributed by atoms with Gasteiger partial charge in [0.15, 0.2) is 0 Å². The summed E-state index contributed by atoms with van der Waals surface area (Å²) in [6, 6.07) is 0. The Morgan fingerprint density at radius 1 is 1.50 bits per heavy atom. The maximum atomic E-state index is 11.6. The Kier molecular flexibility index (Phi) is 3.90. The van der Waals surface area contributed by atoms with Gasteiger partial charge in [-0.1, -0.05) is 6.58 Å². The summed E-state index contributed by atoms with van der Waals surface area (Å²) >= 11 is 0. The first-order valence-corrected chi connectivity index (χ1v) is 5.43. The van der Waals surface area contributed by atoms with Crippen LogP contribution in [0.5, 0.6) is 0 Å². The van der Waals surface area contributed by atoms with Crippen molar-refractivity contribution in [1.82, 2.24) is 9.78 Å². The number of rotatable bonds is 3. The molecule has 1 amide bonds. The zero-order valence-corrected chi connectivity index (χ0v) is 11.0. The Hall–Kier alpha value is -2.11. The van der Waals surface area contributed by atoms with E-state index in [2.05, 4.69) is 17.0 Å². The van der Waals surface area contributed by atoms with E-state index in [4.69, 9.17) is 4.74 Å². The van der Waals surface area contributed by atoms with Crippen molar-refractivity contribution in [2.24, 2.45) is 7.05 Å². The minimum absolute atomic E-state index is 0.260. The normalized spacial score (nSPS) is 10.9. The second-order valence-electron chi connectivity index (χ2n) is 4.73. The maximum Gasteiger partial charge on any atom is 0.412 e. The lowest BCUT2D eigenvalue weighted by molar-refractivity contribution is 0.0636. The largest absolute Gasteiger partial charge is 0.444 e. The van der Waals surface area contributed by atoms with Crippen LogP contribution in [0.25, 0.3) is 0 Å². The van der Waals surface area contributed by atoms with Crippen LogP contribution in [0.15, 0.2) is 18.9 Å². The molecule has 0 atom stereocenters. The molecule has 6 nitrogen and oxygen atoms in total. The molecule has 0 aliphatic rings. The van der Waals surface area contributed by atoms with E-state index in [9.17, 15) is 9.59 Å². The van der Waals surface area contributed by atoms with Crippen molar-refractivity contribution < 1.29 is 14.3 Å². The molecule has 0 unspecified atom stereocenters. The highest BCUT2D eigenvalue weighted by Crippen LogP contribution is 2.17. The van der Waals surface area contributed by atoms with Crippen molar-refractivity contribution in [2.75, 3.05) is 5.32 Å². The molecule has 0 radical (unpaired) electrons. The molecule has 1 aromatic heterocycles. The Labute approximate surface area is 106 Å². The lowest BCUT2D eigenvalue weighted by Gasteiger charge is -2.19. The Balaban J connectivity index is 2.89. The molecule has 0 saturated heterocycles. The highest BCUT2D eigenvalue weighted by Gasteiger charge is 2.20. The van der Waals surface area contributed by atoms with Gasteiger partial charge in [-0.15, -0.1) is 0 Å². The van der Waals surface area contributed by atoms with Crippen LogP contribution in [0.2, 0.25) is 0 Å². The fourth-order valence-electron chi connectivity index (χ4n) is 1.33. The fraction of sp³-hybridized carbons (Fsp3) is 0.417. The van der Waals surface area contributed by atoms with Crippen molar-refractivity contribution in [2.45, 2.75) is 26.4 Å². The van der Waals surface area contributed by atoms with Crippen molar-refractivity contribution in [3.05, 3.63) is 24.5 Å². The number of allylic oxidation sites excluding steroid dienone is 1. The summed E-state index contributed by atoms with van der Waals surface area (Å²) < 4.78 is 6.47. The van der Waals surface area contributed by atoms with Gasteiger partial charge in [-0.3, -0.25) is 14.8 Å². The van der Waals surface area contributed by atoms with Crippen molar-refractivity contribution in [1.29, 1.82) is 0 Å². The highest BCUT2D eigenvalue weighted by atomic mass is 16.6. The van der Waals surface area contributed by atoms with Crippen LogP contribution in [0.3, 0.4) is 0 Å². The summed E-state index contributed by atoms with van der Waals surface area (Å²) in [5.74, 6) is -0.318. The van der Waals surface area contributed by atoms with Crippen LogP contribution < -0.4 is 5.32 Å². The molecule has 0 aromatic carbocycles. The molecule has 1 rings (SSSR count). The molecule has 1 heterocycles. The van der Waals surface area contributed by atoms with Gasteiger partial charge in [0.1, 0.15) is 11.3 Å². The zero-order valence-electron chi connectivity index (χ0n) is 11.0. The van der Waals surface area contributed by atoms with Crippen LogP contribution in [-0.2, 0) is 11.8 Å². The first-order chi connectivity index (χ1) is 8.24. The summed E-state index contributed by atoms with van der Waals surface area (Å²) in [6.07, 6.45) is 1.92. The molecule has 0 saturated carbocycles. The van der Waals surface area contributed by atoms with Gasteiger partial charge >= 0.3 is 6.09 Å². The molecular weight excluding hydrogens is 234 g/mol. The van der Waals surface area contributed by atoms with Crippen LogP contribution in [-0.4, -0.2) is 27.3 Å². The van der Waals surface area contributed by atoms with Gasteiger partial charge in [-0.05, 0) is 26.8 Å². The van der Waals surface area contributed by atoms with Crippen molar-refractivity contribution in [3.63, 3.8) is 0 Å². The number of amides is 1. The molecule has 1 N–H and O–H groups in total. The fourth-order valence-corrected chi connectivity index (χ4v) is 1.33. The first kappa shape index (κ1) is 14.0. The molecule has 0 aliphatic carbocycles. The van der Waals surface area contributed by atoms with Crippen LogP contribution in [0, 0.1) is 0 Å². The molecule has 0 aliphatic heterocycles. The monoisotopic (exact) mass is 251 g/mol. The predicted octanol–water partition coefficient (Wildman–Crippen LogP) is 2.14. The van der Waals surface area contributed by atoms with E-state index in [1.165, 1.54) is 10.9 Å². The van der Waals surface area contributed by atoms with Crippen molar-refractivity contribution >= 4 is 17.6 Å². The van der Waals surface area contributed by atoms with E-state index in [0.29, 0.717) is 5.69 Å². The van der Waals surface area contributed by atoms with E-state index < -0.39 is 11.7 Å². The summed E-state index contributed by atoms with van der Waals surface area (Å²) in [7, 11) is 1.61. The number of hydrogen-bond donors (Lipinski definition) is 1.